The van der Waals surface area contributed by atoms with Gasteiger partial charge in [-0.25, -0.2) is 0 Å². The fourth-order valence-electron chi connectivity index (χ4n) is 6.91. The molecule has 1 spiro atoms. The monoisotopic (exact) mass is 517 g/mol. The van der Waals surface area contributed by atoms with E-state index in [1.807, 2.05) is 13.8 Å². The number of ether oxygens (including phenoxy) is 1. The maximum Gasteiger partial charge on any atom is 0.248 e. The Morgan fingerprint density at radius 3 is 2.30 bits per heavy atom. The molecule has 0 aliphatic carbocycles. The van der Waals surface area contributed by atoms with Gasteiger partial charge in [-0.1, -0.05) is 39.3 Å². The molecule has 3 heterocycles. The third-order valence-corrected chi connectivity index (χ3v) is 8.72. The molecule has 1 N–H and O–H groups in total. The molecule has 3 aliphatic rings. The number of likely N-dealkylation sites (tertiary alicyclic amines) is 1. The van der Waals surface area contributed by atoms with Crippen LogP contribution in [0.2, 0.25) is 0 Å². The van der Waals surface area contributed by atoms with E-state index in [0.717, 1.165) is 19.3 Å². The van der Waals surface area contributed by atoms with Crippen molar-refractivity contribution in [2.24, 2.45) is 17.8 Å². The Balaban J connectivity index is 2.08. The molecule has 8 nitrogen and oxygen atoms in total. The van der Waals surface area contributed by atoms with E-state index in [-0.39, 0.29) is 30.2 Å². The van der Waals surface area contributed by atoms with Gasteiger partial charge < -0.3 is 24.5 Å². The van der Waals surface area contributed by atoms with Gasteiger partial charge in [0.2, 0.25) is 17.7 Å². The van der Waals surface area contributed by atoms with Crippen molar-refractivity contribution < 1.29 is 24.2 Å². The Kier molecular flexibility index (Phi) is 9.62. The number of carbonyl (C=O) groups excluding carboxylic acids is 3. The lowest BCUT2D eigenvalue weighted by atomic mass is 9.62. The number of rotatable bonds is 15. The lowest BCUT2D eigenvalue weighted by Crippen LogP contribution is -2.57. The highest BCUT2D eigenvalue weighted by Gasteiger charge is 2.80. The van der Waals surface area contributed by atoms with E-state index >= 15 is 0 Å². The molecule has 0 radical (unpaired) electrons. The van der Waals surface area contributed by atoms with Crippen molar-refractivity contribution in [1.82, 2.24) is 14.7 Å². The van der Waals surface area contributed by atoms with E-state index in [4.69, 9.17) is 4.74 Å². The first-order valence-electron chi connectivity index (χ1n) is 14.1. The summed E-state index contributed by atoms with van der Waals surface area (Å²) in [5.74, 6) is -1.74. The molecule has 37 heavy (non-hydrogen) atoms. The average Bonchev–Trinajstić information content (AvgIpc) is 3.37. The number of hydrogen-bond acceptors (Lipinski definition) is 5. The number of aliphatic hydroxyl groups excluding tert-OH is 1. The second-order valence-corrected chi connectivity index (χ2v) is 11.2. The zero-order valence-corrected chi connectivity index (χ0v) is 23.3. The fourth-order valence-corrected chi connectivity index (χ4v) is 6.91. The number of fused-ring (bicyclic) bond motifs is 1. The largest absolute Gasteiger partial charge is 0.396 e. The molecule has 3 saturated heterocycles. The molecule has 6 atom stereocenters. The van der Waals surface area contributed by atoms with Crippen LogP contribution in [-0.4, -0.2) is 94.1 Å². The molecule has 0 aromatic heterocycles. The van der Waals surface area contributed by atoms with Gasteiger partial charge in [0.25, 0.3) is 0 Å². The zero-order valence-electron chi connectivity index (χ0n) is 23.3. The third kappa shape index (κ3) is 4.99. The Hall–Kier alpha value is -2.19. The summed E-state index contributed by atoms with van der Waals surface area (Å²) in [4.78, 5) is 47.7. The highest BCUT2D eigenvalue weighted by Crippen LogP contribution is 2.65. The minimum Gasteiger partial charge on any atom is -0.396 e. The lowest BCUT2D eigenvalue weighted by molar-refractivity contribution is -0.154. The van der Waals surface area contributed by atoms with Gasteiger partial charge in [-0.15, -0.1) is 13.2 Å². The molecule has 8 heteroatoms. The molecule has 3 fully saturated rings. The first-order chi connectivity index (χ1) is 17.7. The summed E-state index contributed by atoms with van der Waals surface area (Å²) in [6.45, 7) is 18.1. The normalized spacial score (nSPS) is 31.9. The Morgan fingerprint density at radius 2 is 1.73 bits per heavy atom. The van der Waals surface area contributed by atoms with Gasteiger partial charge in [0.1, 0.15) is 11.6 Å². The predicted molar refractivity (Wildman–Crippen MR) is 144 cm³/mol. The first kappa shape index (κ1) is 29.4. The summed E-state index contributed by atoms with van der Waals surface area (Å²) in [6, 6.07) is -0.790. The molecule has 0 aromatic rings. The van der Waals surface area contributed by atoms with Gasteiger partial charge in [0.15, 0.2) is 0 Å². The van der Waals surface area contributed by atoms with Crippen molar-refractivity contribution in [1.29, 1.82) is 0 Å². The van der Waals surface area contributed by atoms with Gasteiger partial charge >= 0.3 is 0 Å². The third-order valence-electron chi connectivity index (χ3n) is 8.72. The molecular formula is C29H47N3O5. The number of hydrogen-bond donors (Lipinski definition) is 1. The van der Waals surface area contributed by atoms with Crippen LogP contribution in [0.5, 0.6) is 0 Å². The summed E-state index contributed by atoms with van der Waals surface area (Å²) >= 11 is 0. The maximum atomic E-state index is 14.2. The lowest BCUT2D eigenvalue weighted by Gasteiger charge is -2.39. The van der Waals surface area contributed by atoms with Crippen molar-refractivity contribution in [3.63, 3.8) is 0 Å². The summed E-state index contributed by atoms with van der Waals surface area (Å²) in [7, 11) is 0. The van der Waals surface area contributed by atoms with Crippen molar-refractivity contribution in [2.45, 2.75) is 83.5 Å². The maximum absolute atomic E-state index is 14.2. The number of aliphatic hydroxyl groups is 1. The molecule has 3 unspecified atom stereocenters. The van der Waals surface area contributed by atoms with Gasteiger partial charge in [-0.05, 0) is 44.9 Å². The number of nitrogens with zero attached hydrogens (tertiary/aromatic N) is 3. The van der Waals surface area contributed by atoms with E-state index in [1.54, 1.807) is 26.9 Å². The minimum absolute atomic E-state index is 0.00824. The number of amides is 3. The second-order valence-electron chi connectivity index (χ2n) is 11.2. The summed E-state index contributed by atoms with van der Waals surface area (Å²) in [5.41, 5.74) is -1.87. The van der Waals surface area contributed by atoms with Crippen molar-refractivity contribution in [3.05, 3.63) is 25.3 Å². The van der Waals surface area contributed by atoms with E-state index in [0.29, 0.717) is 52.0 Å². The molecule has 0 aromatic carbocycles. The van der Waals surface area contributed by atoms with Gasteiger partial charge in [0.05, 0.1) is 17.4 Å². The molecule has 0 saturated carbocycles. The molecular weight excluding hydrogens is 470 g/mol. The standard InChI is InChI=1S/C29H47N3O5/c1-7-11-17-31(16-10-4)27(36)24-29-20-21(5)28(6,37-29)22(25(34)30(14-8-2)15-9-3)23(29)26(35)32(24)18-12-13-19-33/h8,10,21-24,33H,2,4,7,9,11-20H2,1,3,5-6H3/t21?,22-,23+,24?,28+,29?/m1/s1. The van der Waals surface area contributed by atoms with Gasteiger partial charge in [-0.3, -0.25) is 14.4 Å². The molecule has 208 valence electrons. The van der Waals surface area contributed by atoms with Crippen LogP contribution >= 0.6 is 0 Å². The number of carbonyl (C=O) groups is 3. The van der Waals surface area contributed by atoms with Crippen molar-refractivity contribution >= 4 is 17.7 Å². The van der Waals surface area contributed by atoms with Crippen LogP contribution in [0.15, 0.2) is 25.3 Å². The summed E-state index contributed by atoms with van der Waals surface area (Å²) in [5, 5.41) is 9.37. The minimum atomic E-state index is -1.04. The molecule has 3 aliphatic heterocycles. The topological polar surface area (TPSA) is 90.4 Å². The van der Waals surface area contributed by atoms with Gasteiger partial charge in [-0.2, -0.15) is 0 Å². The predicted octanol–water partition coefficient (Wildman–Crippen LogP) is 3.01. The zero-order chi connectivity index (χ0) is 27.4. The second kappa shape index (κ2) is 12.1. The Labute approximate surface area is 222 Å². The fraction of sp³-hybridized carbons (Fsp3) is 0.759. The first-order valence-corrected chi connectivity index (χ1v) is 14.1. The Bertz CT molecular complexity index is 878. The highest BCUT2D eigenvalue weighted by atomic mass is 16.5. The van der Waals surface area contributed by atoms with E-state index in [2.05, 4.69) is 27.0 Å². The quantitative estimate of drug-likeness (QED) is 0.266. The van der Waals surface area contributed by atoms with Crippen LogP contribution in [0.4, 0.5) is 0 Å². The number of unbranched alkanes of at least 4 members (excludes halogenated alkanes) is 2. The highest BCUT2D eigenvalue weighted by molar-refractivity contribution is 5.99. The van der Waals surface area contributed by atoms with E-state index in [9.17, 15) is 19.5 Å². The van der Waals surface area contributed by atoms with Crippen LogP contribution in [0.3, 0.4) is 0 Å². The molecule has 3 rings (SSSR count). The van der Waals surface area contributed by atoms with Gasteiger partial charge in [0, 0.05) is 39.3 Å². The average molecular weight is 518 g/mol. The smallest absolute Gasteiger partial charge is 0.248 e. The van der Waals surface area contributed by atoms with Crippen LogP contribution in [0.1, 0.15) is 66.2 Å². The molecule has 2 bridgehead atoms. The van der Waals surface area contributed by atoms with E-state index in [1.165, 1.54) is 0 Å². The van der Waals surface area contributed by atoms with Crippen LogP contribution in [0.25, 0.3) is 0 Å². The van der Waals surface area contributed by atoms with Crippen LogP contribution in [-0.2, 0) is 19.1 Å². The summed E-state index contributed by atoms with van der Waals surface area (Å²) < 4.78 is 6.84. The van der Waals surface area contributed by atoms with Crippen LogP contribution in [0, 0.1) is 17.8 Å². The van der Waals surface area contributed by atoms with Crippen molar-refractivity contribution in [2.75, 3.05) is 39.3 Å². The SMILES string of the molecule is C=CCN(CCCC)C(=O)C1N(CCCCO)C(=O)[C@@H]2[C@H](C(=O)N(CC=C)CCC)[C@@]3(C)OC12CC3C. The summed E-state index contributed by atoms with van der Waals surface area (Å²) in [6.07, 6.45) is 7.70. The van der Waals surface area contributed by atoms with Crippen LogP contribution < -0.4 is 0 Å². The Morgan fingerprint density at radius 1 is 1.08 bits per heavy atom. The van der Waals surface area contributed by atoms with E-state index < -0.39 is 29.1 Å². The molecule has 3 amide bonds. The van der Waals surface area contributed by atoms with Crippen molar-refractivity contribution in [3.8, 4) is 0 Å².